The first kappa shape index (κ1) is 11.3. The van der Waals surface area contributed by atoms with Crippen LogP contribution in [0.5, 0.6) is 0 Å². The van der Waals surface area contributed by atoms with E-state index in [1.165, 1.54) is 25.7 Å². The topological polar surface area (TPSA) is 38.0 Å². The molecule has 0 bridgehead atoms. The molecule has 1 aromatic rings. The van der Waals surface area contributed by atoms with Gasteiger partial charge in [-0.15, -0.1) is 0 Å². The van der Waals surface area contributed by atoms with E-state index in [2.05, 4.69) is 24.4 Å². The van der Waals surface area contributed by atoms with E-state index in [-0.39, 0.29) is 0 Å². The number of benzene rings is 1. The zero-order valence-corrected chi connectivity index (χ0v) is 10.3. The van der Waals surface area contributed by atoms with Gasteiger partial charge in [-0.1, -0.05) is 25.8 Å². The first-order valence-corrected chi connectivity index (χ1v) is 6.19. The van der Waals surface area contributed by atoms with Crippen molar-refractivity contribution in [3.63, 3.8) is 0 Å². The van der Waals surface area contributed by atoms with Crippen molar-refractivity contribution in [2.45, 2.75) is 39.5 Å². The smallest absolute Gasteiger partial charge is 0.0364 e. The van der Waals surface area contributed by atoms with Crippen LogP contribution in [0.25, 0.3) is 0 Å². The molecule has 1 aliphatic carbocycles. The highest BCUT2D eigenvalue weighted by Gasteiger charge is 2.28. The van der Waals surface area contributed by atoms with Crippen molar-refractivity contribution in [1.82, 2.24) is 0 Å². The number of anilines is 2. The third kappa shape index (κ3) is 2.49. The summed E-state index contributed by atoms with van der Waals surface area (Å²) in [5.74, 6) is 0. The van der Waals surface area contributed by atoms with Gasteiger partial charge in [-0.3, -0.25) is 0 Å². The van der Waals surface area contributed by atoms with Crippen molar-refractivity contribution < 1.29 is 0 Å². The van der Waals surface area contributed by atoms with E-state index in [4.69, 9.17) is 5.73 Å². The van der Waals surface area contributed by atoms with Crippen LogP contribution in [-0.2, 0) is 0 Å². The lowest BCUT2D eigenvalue weighted by atomic mass is 9.89. The van der Waals surface area contributed by atoms with Crippen molar-refractivity contribution in [1.29, 1.82) is 0 Å². The van der Waals surface area contributed by atoms with Crippen molar-refractivity contribution in [2.24, 2.45) is 5.41 Å². The normalized spacial score (nSPS) is 18.6. The quantitative estimate of drug-likeness (QED) is 0.761. The summed E-state index contributed by atoms with van der Waals surface area (Å²) in [5, 5.41) is 3.52. The van der Waals surface area contributed by atoms with Crippen molar-refractivity contribution >= 4 is 11.4 Å². The minimum absolute atomic E-state index is 0.486. The molecule has 2 nitrogen and oxygen atoms in total. The molecule has 0 atom stereocenters. The van der Waals surface area contributed by atoms with Crippen molar-refractivity contribution in [3.8, 4) is 0 Å². The van der Waals surface area contributed by atoms with Crippen LogP contribution in [0.2, 0.25) is 0 Å². The molecule has 1 aliphatic rings. The van der Waals surface area contributed by atoms with Crippen molar-refractivity contribution in [3.05, 3.63) is 23.8 Å². The second kappa shape index (κ2) is 4.36. The Morgan fingerprint density at radius 2 is 2.00 bits per heavy atom. The lowest BCUT2D eigenvalue weighted by molar-refractivity contribution is 0.362. The van der Waals surface area contributed by atoms with Gasteiger partial charge in [0.2, 0.25) is 0 Å². The van der Waals surface area contributed by atoms with Gasteiger partial charge in [-0.25, -0.2) is 0 Å². The third-order valence-electron chi connectivity index (χ3n) is 3.81. The number of aryl methyl sites for hydroxylation is 1. The van der Waals surface area contributed by atoms with Gasteiger partial charge in [0.1, 0.15) is 0 Å². The van der Waals surface area contributed by atoms with Crippen LogP contribution < -0.4 is 11.1 Å². The van der Waals surface area contributed by atoms with Gasteiger partial charge < -0.3 is 11.1 Å². The number of hydrogen-bond donors (Lipinski definition) is 2. The lowest BCUT2D eigenvalue weighted by Crippen LogP contribution is -2.22. The predicted octanol–water partition coefficient (Wildman–Crippen LogP) is 3.57. The van der Waals surface area contributed by atoms with E-state index in [0.29, 0.717) is 5.41 Å². The molecular formula is C14H22N2. The molecule has 0 radical (unpaired) electrons. The first-order valence-electron chi connectivity index (χ1n) is 6.19. The molecule has 0 spiro atoms. The van der Waals surface area contributed by atoms with Gasteiger partial charge >= 0.3 is 0 Å². The molecule has 0 saturated heterocycles. The molecule has 1 fully saturated rings. The largest absolute Gasteiger partial charge is 0.398 e. The van der Waals surface area contributed by atoms with Crippen LogP contribution in [0.3, 0.4) is 0 Å². The highest BCUT2D eigenvalue weighted by Crippen LogP contribution is 2.37. The van der Waals surface area contributed by atoms with Crippen LogP contribution >= 0.6 is 0 Å². The Kier molecular flexibility index (Phi) is 3.08. The first-order chi connectivity index (χ1) is 7.59. The fraction of sp³-hybridized carbons (Fsp3) is 0.571. The average Bonchev–Trinajstić information content (AvgIpc) is 2.68. The Morgan fingerprint density at radius 1 is 1.31 bits per heavy atom. The Labute approximate surface area is 98.2 Å². The minimum Gasteiger partial charge on any atom is -0.398 e. The number of nitrogens with one attached hydrogen (secondary N) is 1. The summed E-state index contributed by atoms with van der Waals surface area (Å²) in [5.41, 5.74) is 9.56. The number of nitrogens with two attached hydrogens (primary N) is 1. The van der Waals surface area contributed by atoms with Gasteiger partial charge in [-0.05, 0) is 42.9 Å². The summed E-state index contributed by atoms with van der Waals surface area (Å²) in [6.45, 7) is 5.48. The Balaban J connectivity index is 1.96. The summed E-state index contributed by atoms with van der Waals surface area (Å²) in [4.78, 5) is 0. The van der Waals surface area contributed by atoms with Crippen LogP contribution in [-0.4, -0.2) is 6.54 Å². The van der Waals surface area contributed by atoms with E-state index in [1.54, 1.807) is 0 Å². The monoisotopic (exact) mass is 218 g/mol. The number of hydrogen-bond acceptors (Lipinski definition) is 2. The molecule has 16 heavy (non-hydrogen) atoms. The van der Waals surface area contributed by atoms with Gasteiger partial charge in [0.15, 0.2) is 0 Å². The molecule has 0 amide bonds. The van der Waals surface area contributed by atoms with E-state index in [1.807, 2.05) is 13.0 Å². The maximum Gasteiger partial charge on any atom is 0.0364 e. The molecule has 0 unspecified atom stereocenters. The molecule has 2 heteroatoms. The Morgan fingerprint density at radius 3 is 2.62 bits per heavy atom. The average molecular weight is 218 g/mol. The summed E-state index contributed by atoms with van der Waals surface area (Å²) in [7, 11) is 0. The second-order valence-electron chi connectivity index (χ2n) is 5.44. The Hall–Kier alpha value is -1.18. The maximum absolute atomic E-state index is 5.90. The molecule has 3 N–H and O–H groups in total. The highest BCUT2D eigenvalue weighted by molar-refractivity contribution is 5.58. The summed E-state index contributed by atoms with van der Waals surface area (Å²) in [6.07, 6.45) is 5.46. The predicted molar refractivity (Wildman–Crippen MR) is 70.7 cm³/mol. The van der Waals surface area contributed by atoms with E-state index in [0.717, 1.165) is 23.5 Å². The SMILES string of the molecule is Cc1ccc(NCC2(C)CCCC2)cc1N. The fourth-order valence-corrected chi connectivity index (χ4v) is 2.47. The van der Waals surface area contributed by atoms with E-state index in [9.17, 15) is 0 Å². The summed E-state index contributed by atoms with van der Waals surface area (Å²) in [6, 6.07) is 6.23. The van der Waals surface area contributed by atoms with Crippen LogP contribution in [0, 0.1) is 12.3 Å². The highest BCUT2D eigenvalue weighted by atomic mass is 14.9. The van der Waals surface area contributed by atoms with Crippen molar-refractivity contribution in [2.75, 3.05) is 17.6 Å². The van der Waals surface area contributed by atoms with E-state index >= 15 is 0 Å². The number of rotatable bonds is 3. The minimum atomic E-state index is 0.486. The van der Waals surface area contributed by atoms with Crippen LogP contribution in [0.1, 0.15) is 38.2 Å². The Bertz CT molecular complexity index is 365. The van der Waals surface area contributed by atoms with Gasteiger partial charge in [0.25, 0.3) is 0 Å². The van der Waals surface area contributed by atoms with Crippen LogP contribution in [0.4, 0.5) is 11.4 Å². The van der Waals surface area contributed by atoms with Gasteiger partial charge in [0, 0.05) is 17.9 Å². The maximum atomic E-state index is 5.90. The zero-order chi connectivity index (χ0) is 11.6. The lowest BCUT2D eigenvalue weighted by Gasteiger charge is -2.24. The molecule has 1 aromatic carbocycles. The molecule has 0 aliphatic heterocycles. The summed E-state index contributed by atoms with van der Waals surface area (Å²) < 4.78 is 0. The van der Waals surface area contributed by atoms with Crippen LogP contribution in [0.15, 0.2) is 18.2 Å². The molecule has 0 aromatic heterocycles. The second-order valence-corrected chi connectivity index (χ2v) is 5.44. The molecule has 88 valence electrons. The molecule has 0 heterocycles. The standard InChI is InChI=1S/C14H22N2/c1-11-5-6-12(9-13(11)15)16-10-14(2)7-3-4-8-14/h5-6,9,16H,3-4,7-8,10,15H2,1-2H3. The van der Waals surface area contributed by atoms with E-state index < -0.39 is 0 Å². The molecule has 2 rings (SSSR count). The zero-order valence-electron chi connectivity index (χ0n) is 10.3. The molecule has 1 saturated carbocycles. The van der Waals surface area contributed by atoms with Gasteiger partial charge in [0.05, 0.1) is 0 Å². The third-order valence-corrected chi connectivity index (χ3v) is 3.81. The van der Waals surface area contributed by atoms with Gasteiger partial charge in [-0.2, -0.15) is 0 Å². The fourth-order valence-electron chi connectivity index (χ4n) is 2.47. The molecular weight excluding hydrogens is 196 g/mol. The number of nitrogen functional groups attached to an aromatic ring is 1. The summed E-state index contributed by atoms with van der Waals surface area (Å²) >= 11 is 0.